The number of ether oxygens (including phenoxy) is 1. The summed E-state index contributed by atoms with van der Waals surface area (Å²) in [5, 5.41) is 0. The lowest BCUT2D eigenvalue weighted by molar-refractivity contribution is -0.113. The quantitative estimate of drug-likeness (QED) is 0.586. The Balaban J connectivity index is 2.22. The van der Waals surface area contributed by atoms with Crippen LogP contribution in [0, 0.1) is 0 Å². The molecule has 0 amide bonds. The van der Waals surface area contributed by atoms with Crippen LogP contribution in [0.15, 0.2) is 11.1 Å². The van der Waals surface area contributed by atoms with E-state index < -0.39 is 0 Å². The molecule has 12 heavy (non-hydrogen) atoms. The van der Waals surface area contributed by atoms with Gasteiger partial charge in [-0.05, 0) is 25.3 Å². The minimum Gasteiger partial charge on any atom is -0.369 e. The van der Waals surface area contributed by atoms with Crippen LogP contribution >= 0.6 is 0 Å². The Kier molecular flexibility index (Phi) is 1.80. The van der Waals surface area contributed by atoms with Gasteiger partial charge in [-0.3, -0.25) is 4.79 Å². The van der Waals surface area contributed by atoms with Gasteiger partial charge >= 0.3 is 0 Å². The van der Waals surface area contributed by atoms with E-state index in [1.807, 2.05) is 0 Å². The predicted octanol–water partition coefficient (Wildman–Crippen LogP) is 1.84. The van der Waals surface area contributed by atoms with Crippen LogP contribution in [0.5, 0.6) is 0 Å². The summed E-state index contributed by atoms with van der Waals surface area (Å²) >= 11 is 0. The fourth-order valence-corrected chi connectivity index (χ4v) is 2.00. The minimum absolute atomic E-state index is 0.237. The van der Waals surface area contributed by atoms with E-state index in [1.165, 1.54) is 5.57 Å². The molecule has 0 saturated carbocycles. The van der Waals surface area contributed by atoms with Crippen LogP contribution < -0.4 is 0 Å². The fourth-order valence-electron chi connectivity index (χ4n) is 2.00. The zero-order valence-corrected chi connectivity index (χ0v) is 7.59. The summed E-state index contributed by atoms with van der Waals surface area (Å²) in [5.41, 5.74) is 2.36. The van der Waals surface area contributed by atoms with Crippen LogP contribution in [0.1, 0.15) is 33.1 Å². The Morgan fingerprint density at radius 2 is 2.17 bits per heavy atom. The Morgan fingerprint density at radius 3 is 2.75 bits per heavy atom. The molecule has 2 rings (SSSR count). The molecular weight excluding hydrogens is 152 g/mol. The smallest absolute Gasteiger partial charge is 0.155 e. The largest absolute Gasteiger partial charge is 0.369 e. The second kappa shape index (κ2) is 2.70. The lowest BCUT2D eigenvalue weighted by Gasteiger charge is -2.13. The lowest BCUT2D eigenvalue weighted by atomic mass is 9.88. The molecule has 0 spiro atoms. The first-order valence-electron chi connectivity index (χ1n) is 4.59. The van der Waals surface area contributed by atoms with E-state index in [9.17, 15) is 4.79 Å². The third-order valence-corrected chi connectivity index (χ3v) is 2.82. The standard InChI is InChI=1S/C10H14O2/c1-3-7-4-9-10(12-9)5-8(7)6(2)11/h9-10H,3-5H2,1-2H3. The minimum atomic E-state index is 0.237. The van der Waals surface area contributed by atoms with Crippen molar-refractivity contribution >= 4 is 5.78 Å². The summed E-state index contributed by atoms with van der Waals surface area (Å²) in [6.45, 7) is 3.77. The Labute approximate surface area is 72.6 Å². The van der Waals surface area contributed by atoms with Gasteiger partial charge in [0, 0.05) is 6.42 Å². The van der Waals surface area contributed by atoms with Crippen molar-refractivity contribution < 1.29 is 9.53 Å². The van der Waals surface area contributed by atoms with Crippen molar-refractivity contribution in [3.05, 3.63) is 11.1 Å². The molecule has 2 aliphatic rings. The summed E-state index contributed by atoms with van der Waals surface area (Å²) in [7, 11) is 0. The second-order valence-corrected chi connectivity index (χ2v) is 3.61. The number of rotatable bonds is 2. The van der Waals surface area contributed by atoms with Crippen molar-refractivity contribution in [2.45, 2.75) is 45.3 Å². The van der Waals surface area contributed by atoms with E-state index in [0.717, 1.165) is 24.8 Å². The lowest BCUT2D eigenvalue weighted by Crippen LogP contribution is -2.12. The molecule has 0 aromatic heterocycles. The molecule has 1 heterocycles. The molecule has 66 valence electrons. The van der Waals surface area contributed by atoms with Crippen LogP contribution in [0.3, 0.4) is 0 Å². The summed E-state index contributed by atoms with van der Waals surface area (Å²) in [4.78, 5) is 11.2. The first-order valence-corrected chi connectivity index (χ1v) is 4.59. The average Bonchev–Trinajstić information content (AvgIpc) is 2.79. The highest BCUT2D eigenvalue weighted by molar-refractivity contribution is 5.94. The van der Waals surface area contributed by atoms with Gasteiger partial charge in [0.15, 0.2) is 5.78 Å². The highest BCUT2D eigenvalue weighted by Crippen LogP contribution is 2.40. The monoisotopic (exact) mass is 166 g/mol. The molecule has 1 fully saturated rings. The summed E-state index contributed by atoms with van der Waals surface area (Å²) in [5.74, 6) is 0.237. The number of hydrogen-bond acceptors (Lipinski definition) is 2. The predicted molar refractivity (Wildman–Crippen MR) is 45.9 cm³/mol. The average molecular weight is 166 g/mol. The first kappa shape index (κ1) is 7.99. The summed E-state index contributed by atoms with van der Waals surface area (Å²) in [6.07, 6.45) is 3.68. The van der Waals surface area contributed by atoms with Crippen molar-refractivity contribution in [2.75, 3.05) is 0 Å². The molecule has 2 unspecified atom stereocenters. The number of Topliss-reactive ketones (excluding diaryl/α,β-unsaturated/α-hetero) is 1. The van der Waals surface area contributed by atoms with Crippen molar-refractivity contribution in [2.24, 2.45) is 0 Å². The molecule has 0 radical (unpaired) electrons. The van der Waals surface area contributed by atoms with Crippen molar-refractivity contribution in [1.29, 1.82) is 0 Å². The Morgan fingerprint density at radius 1 is 1.50 bits per heavy atom. The van der Waals surface area contributed by atoms with Crippen LogP contribution in [-0.2, 0) is 9.53 Å². The highest BCUT2D eigenvalue weighted by Gasteiger charge is 2.43. The Hall–Kier alpha value is -0.630. The molecule has 2 atom stereocenters. The van der Waals surface area contributed by atoms with Crippen molar-refractivity contribution in [3.63, 3.8) is 0 Å². The molecule has 2 heteroatoms. The maximum atomic E-state index is 11.2. The molecule has 1 saturated heterocycles. The number of carbonyl (C=O) groups is 1. The molecule has 1 aliphatic carbocycles. The van der Waals surface area contributed by atoms with Gasteiger partial charge in [0.1, 0.15) is 0 Å². The number of hydrogen-bond donors (Lipinski definition) is 0. The number of fused-ring (bicyclic) bond motifs is 1. The highest BCUT2D eigenvalue weighted by atomic mass is 16.6. The third kappa shape index (κ3) is 1.20. The Bertz CT molecular complexity index is 253. The number of epoxide rings is 1. The normalized spacial score (nSPS) is 33.2. The van der Waals surface area contributed by atoms with Crippen LogP contribution in [0.25, 0.3) is 0 Å². The van der Waals surface area contributed by atoms with Crippen molar-refractivity contribution in [3.8, 4) is 0 Å². The maximum Gasteiger partial charge on any atom is 0.155 e. The van der Waals surface area contributed by atoms with Crippen LogP contribution in [-0.4, -0.2) is 18.0 Å². The van der Waals surface area contributed by atoms with Gasteiger partial charge in [-0.1, -0.05) is 12.5 Å². The topological polar surface area (TPSA) is 29.6 Å². The number of carbonyl (C=O) groups excluding carboxylic acids is 1. The summed E-state index contributed by atoms with van der Waals surface area (Å²) in [6, 6.07) is 0. The maximum absolute atomic E-state index is 11.2. The van der Waals surface area contributed by atoms with Gasteiger partial charge in [-0.15, -0.1) is 0 Å². The van der Waals surface area contributed by atoms with Crippen LogP contribution in [0.2, 0.25) is 0 Å². The molecule has 0 N–H and O–H groups in total. The number of ketones is 1. The molecule has 0 aromatic rings. The van der Waals surface area contributed by atoms with Gasteiger partial charge < -0.3 is 4.74 Å². The van der Waals surface area contributed by atoms with Crippen molar-refractivity contribution in [1.82, 2.24) is 0 Å². The van der Waals surface area contributed by atoms with E-state index in [1.54, 1.807) is 6.92 Å². The SMILES string of the molecule is CCC1=C(C(C)=O)CC2OC2C1. The third-order valence-electron chi connectivity index (χ3n) is 2.82. The van der Waals surface area contributed by atoms with Gasteiger partial charge in [0.25, 0.3) is 0 Å². The van der Waals surface area contributed by atoms with Gasteiger partial charge in [-0.2, -0.15) is 0 Å². The second-order valence-electron chi connectivity index (χ2n) is 3.61. The van der Waals surface area contributed by atoms with Crippen LogP contribution in [0.4, 0.5) is 0 Å². The van der Waals surface area contributed by atoms with E-state index in [-0.39, 0.29) is 5.78 Å². The molecule has 0 aromatic carbocycles. The van der Waals surface area contributed by atoms with E-state index in [4.69, 9.17) is 4.74 Å². The van der Waals surface area contributed by atoms with E-state index in [2.05, 4.69) is 6.92 Å². The zero-order valence-electron chi connectivity index (χ0n) is 7.59. The molecule has 2 nitrogen and oxygen atoms in total. The summed E-state index contributed by atoms with van der Waals surface area (Å²) < 4.78 is 5.40. The fraction of sp³-hybridized carbons (Fsp3) is 0.700. The van der Waals surface area contributed by atoms with E-state index >= 15 is 0 Å². The van der Waals surface area contributed by atoms with Gasteiger partial charge in [0.05, 0.1) is 12.2 Å². The van der Waals surface area contributed by atoms with Gasteiger partial charge in [0.2, 0.25) is 0 Å². The van der Waals surface area contributed by atoms with Gasteiger partial charge in [-0.25, -0.2) is 0 Å². The zero-order chi connectivity index (χ0) is 8.72. The molecule has 1 aliphatic heterocycles. The molecular formula is C10H14O2. The molecule has 0 bridgehead atoms. The first-order chi connectivity index (χ1) is 5.72. The van der Waals surface area contributed by atoms with E-state index in [0.29, 0.717) is 12.2 Å².